The van der Waals surface area contributed by atoms with Gasteiger partial charge in [-0.15, -0.1) is 0 Å². The second kappa shape index (κ2) is 5.79. The van der Waals surface area contributed by atoms with Gasteiger partial charge in [-0.25, -0.2) is 4.99 Å². The normalized spacial score (nSPS) is 14.6. The first-order chi connectivity index (χ1) is 11.6. The van der Waals surface area contributed by atoms with Crippen LogP contribution in [-0.4, -0.2) is 11.2 Å². The van der Waals surface area contributed by atoms with Gasteiger partial charge in [0.25, 0.3) is 5.56 Å². The van der Waals surface area contributed by atoms with Crippen molar-refractivity contribution in [3.05, 3.63) is 73.2 Å². The van der Waals surface area contributed by atoms with Gasteiger partial charge in [0, 0.05) is 11.8 Å². The highest BCUT2D eigenvalue weighted by atomic mass is 32.1. The molecule has 6 heteroatoms. The molecule has 0 aliphatic carbocycles. The third-order valence-corrected chi connectivity index (χ3v) is 5.05. The number of anilines is 1. The molecule has 1 aromatic carbocycles. The Kier molecular flexibility index (Phi) is 3.61. The number of nitrogens with zero attached hydrogens (tertiary/aromatic N) is 3. The van der Waals surface area contributed by atoms with Crippen LogP contribution in [0.15, 0.2) is 50.6 Å². The molecular formula is C18H17N3O2S. The van der Waals surface area contributed by atoms with Crippen LogP contribution in [0.25, 0.3) is 6.08 Å². The lowest BCUT2D eigenvalue weighted by Crippen LogP contribution is -2.42. The Morgan fingerprint density at radius 2 is 1.96 bits per heavy atom. The molecule has 2 aromatic heterocycles. The summed E-state index contributed by atoms with van der Waals surface area (Å²) in [4.78, 5) is 20.1. The summed E-state index contributed by atoms with van der Waals surface area (Å²) in [6.45, 7) is 5.02. The zero-order valence-electron chi connectivity index (χ0n) is 13.5. The van der Waals surface area contributed by atoms with E-state index in [1.165, 1.54) is 16.9 Å². The lowest BCUT2D eigenvalue weighted by atomic mass is 10.2. The maximum absolute atomic E-state index is 12.7. The summed E-state index contributed by atoms with van der Waals surface area (Å²) in [5.41, 5.74) is 2.26. The van der Waals surface area contributed by atoms with Crippen LogP contribution in [0.1, 0.15) is 17.1 Å². The number of furan rings is 1. The van der Waals surface area contributed by atoms with E-state index in [1.807, 2.05) is 19.1 Å². The van der Waals surface area contributed by atoms with Gasteiger partial charge < -0.3 is 9.32 Å². The van der Waals surface area contributed by atoms with Crippen molar-refractivity contribution in [2.24, 2.45) is 4.99 Å². The van der Waals surface area contributed by atoms with Gasteiger partial charge in [0.05, 0.1) is 4.53 Å². The first kappa shape index (κ1) is 15.0. The number of rotatable bonds is 2. The van der Waals surface area contributed by atoms with Crippen LogP contribution in [0.2, 0.25) is 0 Å². The Morgan fingerprint density at radius 1 is 1.17 bits per heavy atom. The summed E-state index contributed by atoms with van der Waals surface area (Å²) >= 11 is 1.41. The lowest BCUT2D eigenvalue weighted by molar-refractivity contribution is 0.524. The zero-order chi connectivity index (χ0) is 16.7. The third-order valence-electron chi connectivity index (χ3n) is 4.01. The van der Waals surface area contributed by atoms with Crippen molar-refractivity contribution >= 4 is 23.1 Å². The number of hydrogen-bond acceptors (Lipinski definition) is 5. The van der Waals surface area contributed by atoms with E-state index in [1.54, 1.807) is 10.6 Å². The van der Waals surface area contributed by atoms with E-state index in [-0.39, 0.29) is 5.56 Å². The molecule has 5 nitrogen and oxygen atoms in total. The second-order valence-electron chi connectivity index (χ2n) is 5.89. The van der Waals surface area contributed by atoms with Crippen molar-refractivity contribution in [2.45, 2.75) is 20.5 Å². The fraction of sp³-hybridized carbons (Fsp3) is 0.222. The third kappa shape index (κ3) is 2.69. The van der Waals surface area contributed by atoms with Crippen molar-refractivity contribution < 1.29 is 4.42 Å². The molecule has 24 heavy (non-hydrogen) atoms. The predicted octanol–water partition coefficient (Wildman–Crippen LogP) is 2.00. The molecule has 1 aliphatic rings. The van der Waals surface area contributed by atoms with E-state index in [9.17, 15) is 4.79 Å². The van der Waals surface area contributed by atoms with Gasteiger partial charge in [-0.1, -0.05) is 29.0 Å². The summed E-state index contributed by atoms with van der Waals surface area (Å²) in [5, 5.41) is 0. The Bertz CT molecular complexity index is 1060. The van der Waals surface area contributed by atoms with E-state index in [0.717, 1.165) is 16.2 Å². The Balaban J connectivity index is 1.71. The van der Waals surface area contributed by atoms with Gasteiger partial charge in [0.2, 0.25) is 0 Å². The van der Waals surface area contributed by atoms with Gasteiger partial charge in [-0.2, -0.15) is 0 Å². The van der Waals surface area contributed by atoms with Crippen molar-refractivity contribution in [1.82, 2.24) is 4.57 Å². The SMILES string of the molecule is Cc1ccc(N2CN=c3sc(=Cc4ccc(C)o4)c(=O)n3C2)cc1. The minimum absolute atomic E-state index is 0.0235. The standard InChI is InChI=1S/C18H17N3O2S/c1-12-3-6-14(7-4-12)20-10-19-18-21(11-20)17(22)16(24-18)9-15-8-5-13(2)23-15/h3-9H,10-11H2,1-2H3. The molecular weight excluding hydrogens is 322 g/mol. The minimum atomic E-state index is -0.0235. The highest BCUT2D eigenvalue weighted by Crippen LogP contribution is 2.16. The maximum atomic E-state index is 12.7. The summed E-state index contributed by atoms with van der Waals surface area (Å²) in [6, 6.07) is 12.0. The molecule has 0 spiro atoms. The molecule has 0 atom stereocenters. The number of aryl methyl sites for hydroxylation is 2. The van der Waals surface area contributed by atoms with Crippen LogP contribution in [0, 0.1) is 13.8 Å². The molecule has 0 fully saturated rings. The first-order valence-electron chi connectivity index (χ1n) is 7.74. The Labute approximate surface area is 142 Å². The molecule has 0 unspecified atom stereocenters. The Morgan fingerprint density at radius 3 is 2.67 bits per heavy atom. The molecule has 0 saturated heterocycles. The summed E-state index contributed by atoms with van der Waals surface area (Å²) in [7, 11) is 0. The lowest BCUT2D eigenvalue weighted by Gasteiger charge is -2.25. The van der Waals surface area contributed by atoms with Crippen molar-refractivity contribution in [3.8, 4) is 0 Å². The largest absolute Gasteiger partial charge is 0.462 e. The van der Waals surface area contributed by atoms with Gasteiger partial charge in [0.15, 0.2) is 4.80 Å². The zero-order valence-corrected chi connectivity index (χ0v) is 14.3. The second-order valence-corrected chi connectivity index (χ2v) is 6.90. The van der Waals surface area contributed by atoms with Crippen LogP contribution in [0.3, 0.4) is 0 Å². The molecule has 0 amide bonds. The van der Waals surface area contributed by atoms with E-state index in [4.69, 9.17) is 4.42 Å². The summed E-state index contributed by atoms with van der Waals surface area (Å²) < 4.78 is 7.90. The Hall–Kier alpha value is -2.60. The van der Waals surface area contributed by atoms with Gasteiger partial charge in [0.1, 0.15) is 24.9 Å². The summed E-state index contributed by atoms with van der Waals surface area (Å²) in [5.74, 6) is 1.53. The first-order valence-corrected chi connectivity index (χ1v) is 8.56. The van der Waals surface area contributed by atoms with E-state index in [0.29, 0.717) is 23.6 Å². The van der Waals surface area contributed by atoms with Crippen LogP contribution in [-0.2, 0) is 6.67 Å². The smallest absolute Gasteiger partial charge is 0.271 e. The molecule has 122 valence electrons. The molecule has 3 heterocycles. The van der Waals surface area contributed by atoms with E-state index in [2.05, 4.69) is 41.1 Å². The minimum Gasteiger partial charge on any atom is -0.462 e. The van der Waals surface area contributed by atoms with E-state index < -0.39 is 0 Å². The van der Waals surface area contributed by atoms with Gasteiger partial charge >= 0.3 is 0 Å². The molecule has 3 aromatic rings. The van der Waals surface area contributed by atoms with Crippen LogP contribution in [0.4, 0.5) is 5.69 Å². The highest BCUT2D eigenvalue weighted by Gasteiger charge is 2.16. The maximum Gasteiger partial charge on any atom is 0.271 e. The van der Waals surface area contributed by atoms with E-state index >= 15 is 0 Å². The molecule has 0 saturated carbocycles. The topological polar surface area (TPSA) is 50.7 Å². The molecule has 0 N–H and O–H groups in total. The predicted molar refractivity (Wildman–Crippen MR) is 94.9 cm³/mol. The molecule has 1 aliphatic heterocycles. The fourth-order valence-corrected chi connectivity index (χ4v) is 3.63. The van der Waals surface area contributed by atoms with Gasteiger partial charge in [-0.3, -0.25) is 9.36 Å². The van der Waals surface area contributed by atoms with Gasteiger partial charge in [-0.05, 0) is 38.1 Å². The quantitative estimate of drug-likeness (QED) is 0.718. The van der Waals surface area contributed by atoms with Crippen molar-refractivity contribution in [2.75, 3.05) is 11.6 Å². The molecule has 4 rings (SSSR count). The van der Waals surface area contributed by atoms with Crippen LogP contribution in [0.5, 0.6) is 0 Å². The number of fused-ring (bicyclic) bond motifs is 1. The number of thiazole rings is 1. The number of benzene rings is 1. The van der Waals surface area contributed by atoms with Crippen molar-refractivity contribution in [1.29, 1.82) is 0 Å². The van der Waals surface area contributed by atoms with Crippen LogP contribution < -0.4 is 19.8 Å². The summed E-state index contributed by atoms with van der Waals surface area (Å²) in [6.07, 6.45) is 1.79. The monoisotopic (exact) mass is 339 g/mol. The fourth-order valence-electron chi connectivity index (χ4n) is 2.69. The number of hydrogen-bond donors (Lipinski definition) is 0. The number of aromatic nitrogens is 1. The average molecular weight is 339 g/mol. The average Bonchev–Trinajstić information content (AvgIpc) is 3.12. The highest BCUT2D eigenvalue weighted by molar-refractivity contribution is 7.07. The van der Waals surface area contributed by atoms with Crippen LogP contribution >= 0.6 is 11.3 Å². The molecule has 0 bridgehead atoms. The molecule has 0 radical (unpaired) electrons. The van der Waals surface area contributed by atoms with Crippen molar-refractivity contribution in [3.63, 3.8) is 0 Å².